The number of methoxy groups -OCH3 is 2. The van der Waals surface area contributed by atoms with E-state index in [9.17, 15) is 5.11 Å². The van der Waals surface area contributed by atoms with E-state index in [1.54, 1.807) is 26.0 Å². The van der Waals surface area contributed by atoms with E-state index in [-0.39, 0.29) is 11.4 Å². The lowest BCUT2D eigenvalue weighted by atomic mass is 9.85. The molecular weight excluding hydrogens is 236 g/mol. The fraction of sp³-hybridized carbons (Fsp3) is 0.538. The number of rotatable bonds is 5. The van der Waals surface area contributed by atoms with Gasteiger partial charge in [-0.3, -0.25) is 0 Å². The minimum atomic E-state index is -0.0142. The van der Waals surface area contributed by atoms with Crippen molar-refractivity contribution < 1.29 is 14.6 Å². The molecule has 1 aromatic rings. The Morgan fingerprint density at radius 3 is 2.53 bits per heavy atom. The first kappa shape index (κ1) is 12.6. The molecule has 0 amide bonds. The van der Waals surface area contributed by atoms with Gasteiger partial charge in [-0.05, 0) is 31.0 Å². The lowest BCUT2D eigenvalue weighted by Crippen LogP contribution is -2.37. The Morgan fingerprint density at radius 2 is 2.06 bits per heavy atom. The Balaban J connectivity index is 2.23. The SMILES string of the molecule is COc1ccc(OC)c(SC2(CO)CCC2)c1. The standard InChI is InChI=1S/C13H18O3S/c1-15-10-4-5-11(16-2)12(8-10)17-13(9-14)6-3-7-13/h4-5,8,14H,3,6-7,9H2,1-2H3. The average Bonchev–Trinajstić information content (AvgIpc) is 2.33. The molecule has 0 saturated heterocycles. The smallest absolute Gasteiger partial charge is 0.132 e. The minimum absolute atomic E-state index is 0.0142. The molecule has 0 heterocycles. The number of hydrogen-bond acceptors (Lipinski definition) is 4. The molecule has 1 fully saturated rings. The molecular formula is C13H18O3S. The summed E-state index contributed by atoms with van der Waals surface area (Å²) >= 11 is 1.70. The van der Waals surface area contributed by atoms with Gasteiger partial charge in [-0.25, -0.2) is 0 Å². The molecule has 0 aromatic heterocycles. The van der Waals surface area contributed by atoms with Gasteiger partial charge in [0, 0.05) is 4.75 Å². The number of benzene rings is 1. The summed E-state index contributed by atoms with van der Waals surface area (Å²) in [6, 6.07) is 5.76. The summed E-state index contributed by atoms with van der Waals surface area (Å²) in [5.41, 5.74) is 0. The maximum absolute atomic E-state index is 9.50. The summed E-state index contributed by atoms with van der Waals surface area (Å²) < 4.78 is 10.6. The van der Waals surface area contributed by atoms with E-state index >= 15 is 0 Å². The molecule has 94 valence electrons. The van der Waals surface area contributed by atoms with E-state index in [4.69, 9.17) is 9.47 Å². The van der Waals surface area contributed by atoms with Crippen molar-refractivity contribution in [3.63, 3.8) is 0 Å². The topological polar surface area (TPSA) is 38.7 Å². The fourth-order valence-corrected chi connectivity index (χ4v) is 3.41. The Morgan fingerprint density at radius 1 is 1.29 bits per heavy atom. The van der Waals surface area contributed by atoms with Gasteiger partial charge in [0.05, 0.1) is 25.7 Å². The third kappa shape index (κ3) is 2.53. The Kier molecular flexibility index (Phi) is 3.84. The Hall–Kier alpha value is -0.870. The van der Waals surface area contributed by atoms with Crippen LogP contribution < -0.4 is 9.47 Å². The molecule has 0 bridgehead atoms. The highest BCUT2D eigenvalue weighted by Crippen LogP contribution is 2.50. The van der Waals surface area contributed by atoms with Crippen LogP contribution in [0.25, 0.3) is 0 Å². The van der Waals surface area contributed by atoms with E-state index in [1.165, 1.54) is 6.42 Å². The van der Waals surface area contributed by atoms with Crippen molar-refractivity contribution in [3.05, 3.63) is 18.2 Å². The van der Waals surface area contributed by atoms with Crippen LogP contribution in [0.3, 0.4) is 0 Å². The van der Waals surface area contributed by atoms with Gasteiger partial charge >= 0.3 is 0 Å². The second-order valence-electron chi connectivity index (χ2n) is 4.31. The maximum atomic E-state index is 9.50. The molecule has 17 heavy (non-hydrogen) atoms. The van der Waals surface area contributed by atoms with Crippen LogP contribution in [0.15, 0.2) is 23.1 Å². The van der Waals surface area contributed by atoms with Crippen LogP contribution in [0.1, 0.15) is 19.3 Å². The highest BCUT2D eigenvalue weighted by atomic mass is 32.2. The number of aliphatic hydroxyl groups excluding tert-OH is 1. The molecule has 2 rings (SSSR count). The Bertz CT molecular complexity index is 383. The van der Waals surface area contributed by atoms with Crippen molar-refractivity contribution in [3.8, 4) is 11.5 Å². The van der Waals surface area contributed by atoms with Gasteiger partial charge in [0.25, 0.3) is 0 Å². The molecule has 0 aliphatic heterocycles. The predicted molar refractivity (Wildman–Crippen MR) is 69.1 cm³/mol. The summed E-state index contributed by atoms with van der Waals surface area (Å²) in [6.07, 6.45) is 3.32. The van der Waals surface area contributed by atoms with Crippen LogP contribution >= 0.6 is 11.8 Å². The highest BCUT2D eigenvalue weighted by Gasteiger charge is 2.38. The predicted octanol–water partition coefficient (Wildman–Crippen LogP) is 2.71. The van der Waals surface area contributed by atoms with E-state index in [1.807, 2.05) is 18.2 Å². The molecule has 0 radical (unpaired) electrons. The zero-order chi connectivity index (χ0) is 12.3. The molecule has 0 atom stereocenters. The summed E-state index contributed by atoms with van der Waals surface area (Å²) in [6.45, 7) is 0.220. The van der Waals surface area contributed by atoms with E-state index < -0.39 is 0 Å². The first-order chi connectivity index (χ1) is 8.23. The van der Waals surface area contributed by atoms with Gasteiger partial charge in [0.2, 0.25) is 0 Å². The molecule has 0 spiro atoms. The summed E-state index contributed by atoms with van der Waals surface area (Å²) in [5.74, 6) is 1.66. The maximum Gasteiger partial charge on any atom is 0.132 e. The van der Waals surface area contributed by atoms with Crippen LogP contribution in [-0.2, 0) is 0 Å². The van der Waals surface area contributed by atoms with Crippen molar-refractivity contribution in [2.24, 2.45) is 0 Å². The van der Waals surface area contributed by atoms with Crippen molar-refractivity contribution in [1.29, 1.82) is 0 Å². The molecule has 1 aliphatic rings. The summed E-state index contributed by atoms with van der Waals surface area (Å²) in [4.78, 5) is 1.04. The average molecular weight is 254 g/mol. The quantitative estimate of drug-likeness (QED) is 0.877. The van der Waals surface area contributed by atoms with Gasteiger partial charge < -0.3 is 14.6 Å². The van der Waals surface area contributed by atoms with Crippen LogP contribution in [0.4, 0.5) is 0 Å². The van der Waals surface area contributed by atoms with Crippen LogP contribution in [-0.4, -0.2) is 30.7 Å². The molecule has 1 saturated carbocycles. The van der Waals surface area contributed by atoms with E-state index in [0.717, 1.165) is 29.2 Å². The molecule has 3 nitrogen and oxygen atoms in total. The molecule has 1 N–H and O–H groups in total. The van der Waals surface area contributed by atoms with Crippen LogP contribution in [0.2, 0.25) is 0 Å². The number of hydrogen-bond donors (Lipinski definition) is 1. The summed E-state index contributed by atoms with van der Waals surface area (Å²) in [7, 11) is 3.32. The van der Waals surface area contributed by atoms with Crippen LogP contribution in [0.5, 0.6) is 11.5 Å². The van der Waals surface area contributed by atoms with Gasteiger partial charge in [-0.15, -0.1) is 11.8 Å². The van der Waals surface area contributed by atoms with Crippen molar-refractivity contribution in [1.82, 2.24) is 0 Å². The van der Waals surface area contributed by atoms with Gasteiger partial charge in [-0.1, -0.05) is 6.42 Å². The Labute approximate surface area is 106 Å². The zero-order valence-electron chi connectivity index (χ0n) is 10.2. The number of thioether (sulfide) groups is 1. The first-order valence-electron chi connectivity index (χ1n) is 5.75. The lowest BCUT2D eigenvalue weighted by molar-refractivity contribution is 0.191. The van der Waals surface area contributed by atoms with Gasteiger partial charge in [0.15, 0.2) is 0 Å². The summed E-state index contributed by atoms with van der Waals surface area (Å²) in [5, 5.41) is 9.50. The van der Waals surface area contributed by atoms with Crippen molar-refractivity contribution in [2.75, 3.05) is 20.8 Å². The third-order valence-corrected chi connectivity index (χ3v) is 4.76. The molecule has 1 aromatic carbocycles. The molecule has 4 heteroatoms. The molecule has 0 unspecified atom stereocenters. The number of aliphatic hydroxyl groups is 1. The lowest BCUT2D eigenvalue weighted by Gasteiger charge is -2.39. The fourth-order valence-electron chi connectivity index (χ4n) is 1.96. The van der Waals surface area contributed by atoms with Crippen molar-refractivity contribution >= 4 is 11.8 Å². The van der Waals surface area contributed by atoms with Gasteiger partial charge in [0.1, 0.15) is 11.5 Å². The zero-order valence-corrected chi connectivity index (χ0v) is 11.0. The minimum Gasteiger partial charge on any atom is -0.497 e. The third-order valence-electron chi connectivity index (χ3n) is 3.25. The largest absolute Gasteiger partial charge is 0.497 e. The number of ether oxygens (including phenoxy) is 2. The van der Waals surface area contributed by atoms with Crippen LogP contribution in [0, 0.1) is 0 Å². The van der Waals surface area contributed by atoms with E-state index in [2.05, 4.69) is 0 Å². The van der Waals surface area contributed by atoms with E-state index in [0.29, 0.717) is 0 Å². The van der Waals surface area contributed by atoms with Gasteiger partial charge in [-0.2, -0.15) is 0 Å². The second kappa shape index (κ2) is 5.19. The normalized spacial score (nSPS) is 17.4. The van der Waals surface area contributed by atoms with Crippen molar-refractivity contribution in [2.45, 2.75) is 28.9 Å². The molecule has 1 aliphatic carbocycles. The monoisotopic (exact) mass is 254 g/mol. The highest BCUT2D eigenvalue weighted by molar-refractivity contribution is 8.00. The second-order valence-corrected chi connectivity index (χ2v) is 5.82. The first-order valence-corrected chi connectivity index (χ1v) is 6.56.